The van der Waals surface area contributed by atoms with Crippen LogP contribution in [0.1, 0.15) is 39.2 Å². The summed E-state index contributed by atoms with van der Waals surface area (Å²) in [7, 11) is 3.16. The zero-order chi connectivity index (χ0) is 22.3. The molecule has 0 bridgehead atoms. The Hall–Kier alpha value is -3.07. The third kappa shape index (κ3) is 4.91. The first kappa shape index (κ1) is 23.2. The first-order valence-electron chi connectivity index (χ1n) is 9.18. The average molecular weight is 432 g/mol. The molecule has 0 fully saturated rings. The Morgan fingerprint density at radius 1 is 1.30 bits per heavy atom. The topological polar surface area (TPSA) is 99.0 Å². The minimum Gasteiger partial charge on any atom is -0.493 e. The molecule has 0 aliphatic rings. The monoisotopic (exact) mass is 432 g/mol. The van der Waals surface area contributed by atoms with Crippen molar-refractivity contribution in [2.45, 2.75) is 13.0 Å². The number of hydrogen-bond acceptors (Lipinski definition) is 7. The van der Waals surface area contributed by atoms with Crippen LogP contribution in [0.2, 0.25) is 0 Å². The van der Waals surface area contributed by atoms with Gasteiger partial charge in [0.15, 0.2) is 17.8 Å². The lowest BCUT2D eigenvalue weighted by Crippen LogP contribution is -2.33. The largest absolute Gasteiger partial charge is 0.493 e. The maximum Gasteiger partial charge on any atom is 0.280 e. The SMILES string of the molecule is CCOc1cc(C(CSC)N(C)C(=O)c2cccc([N+](=O)[O-])c2C=O)ccc1OC. The van der Waals surface area contributed by atoms with Gasteiger partial charge in [0.25, 0.3) is 11.6 Å². The fraction of sp³-hybridized carbons (Fsp3) is 0.333. The first-order chi connectivity index (χ1) is 14.4. The molecule has 160 valence electrons. The van der Waals surface area contributed by atoms with Crippen molar-refractivity contribution in [2.75, 3.05) is 32.8 Å². The molecule has 30 heavy (non-hydrogen) atoms. The van der Waals surface area contributed by atoms with Crippen molar-refractivity contribution < 1.29 is 24.0 Å². The van der Waals surface area contributed by atoms with Crippen molar-refractivity contribution in [1.82, 2.24) is 4.90 Å². The van der Waals surface area contributed by atoms with E-state index in [0.717, 1.165) is 5.56 Å². The molecule has 2 rings (SSSR count). The summed E-state index contributed by atoms with van der Waals surface area (Å²) >= 11 is 1.55. The van der Waals surface area contributed by atoms with E-state index in [9.17, 15) is 19.7 Å². The number of hydrogen-bond donors (Lipinski definition) is 0. The van der Waals surface area contributed by atoms with Crippen molar-refractivity contribution >= 4 is 29.6 Å². The Kier molecular flexibility index (Phi) is 8.23. The van der Waals surface area contributed by atoms with Crippen LogP contribution in [0, 0.1) is 10.1 Å². The highest BCUT2D eigenvalue weighted by Crippen LogP contribution is 2.34. The number of nitro groups is 1. The van der Waals surface area contributed by atoms with Crippen LogP contribution in [0.15, 0.2) is 36.4 Å². The molecule has 0 saturated carbocycles. The second kappa shape index (κ2) is 10.6. The normalized spacial score (nSPS) is 11.5. The van der Waals surface area contributed by atoms with Crippen LogP contribution in [0.25, 0.3) is 0 Å². The van der Waals surface area contributed by atoms with E-state index >= 15 is 0 Å². The van der Waals surface area contributed by atoms with Gasteiger partial charge in [0, 0.05) is 18.9 Å². The van der Waals surface area contributed by atoms with Gasteiger partial charge in [-0.25, -0.2) is 0 Å². The number of amides is 1. The summed E-state index contributed by atoms with van der Waals surface area (Å²) in [5, 5.41) is 11.2. The number of carbonyl (C=O) groups excluding carboxylic acids is 2. The molecule has 0 N–H and O–H groups in total. The number of nitrogens with zero attached hydrogens (tertiary/aromatic N) is 2. The molecule has 0 spiro atoms. The highest BCUT2D eigenvalue weighted by molar-refractivity contribution is 7.98. The molecule has 0 aromatic heterocycles. The fourth-order valence-electron chi connectivity index (χ4n) is 3.11. The number of benzene rings is 2. The summed E-state index contributed by atoms with van der Waals surface area (Å²) < 4.78 is 11.0. The summed E-state index contributed by atoms with van der Waals surface area (Å²) in [6.07, 6.45) is 2.27. The summed E-state index contributed by atoms with van der Waals surface area (Å²) in [5.74, 6) is 1.24. The number of carbonyl (C=O) groups is 2. The van der Waals surface area contributed by atoms with E-state index < -0.39 is 16.5 Å². The van der Waals surface area contributed by atoms with Gasteiger partial charge in [0.1, 0.15) is 5.56 Å². The number of nitro benzene ring substituents is 1. The molecule has 0 aliphatic carbocycles. The molecule has 1 amide bonds. The highest BCUT2D eigenvalue weighted by atomic mass is 32.2. The Morgan fingerprint density at radius 3 is 2.60 bits per heavy atom. The maximum atomic E-state index is 13.2. The molecule has 2 aromatic carbocycles. The molecule has 2 aromatic rings. The lowest BCUT2D eigenvalue weighted by atomic mass is 10.0. The van der Waals surface area contributed by atoms with E-state index in [1.54, 1.807) is 32.0 Å². The van der Waals surface area contributed by atoms with Crippen LogP contribution in [-0.4, -0.2) is 54.8 Å². The van der Waals surface area contributed by atoms with E-state index in [1.807, 2.05) is 25.3 Å². The van der Waals surface area contributed by atoms with Crippen LogP contribution in [0.4, 0.5) is 5.69 Å². The lowest BCUT2D eigenvalue weighted by molar-refractivity contribution is -0.385. The molecular formula is C21H24N2O6S. The van der Waals surface area contributed by atoms with E-state index in [1.165, 1.54) is 23.1 Å². The maximum absolute atomic E-state index is 13.2. The molecule has 9 heteroatoms. The average Bonchev–Trinajstić information content (AvgIpc) is 2.76. The standard InChI is InChI=1S/C21H24N2O6S/c1-5-29-20-11-14(9-10-19(20)28-3)18(13-30-4)22(2)21(25)15-7-6-8-17(23(26)27)16(15)12-24/h6-12,18H,5,13H2,1-4H3. The summed E-state index contributed by atoms with van der Waals surface area (Å²) in [4.78, 5) is 36.8. The van der Waals surface area contributed by atoms with Crippen LogP contribution in [0.3, 0.4) is 0 Å². The third-order valence-corrected chi connectivity index (χ3v) is 5.26. The molecular weight excluding hydrogens is 408 g/mol. The van der Waals surface area contributed by atoms with E-state index in [4.69, 9.17) is 9.47 Å². The van der Waals surface area contributed by atoms with Crippen molar-refractivity contribution in [1.29, 1.82) is 0 Å². The van der Waals surface area contributed by atoms with E-state index in [0.29, 0.717) is 30.1 Å². The van der Waals surface area contributed by atoms with Crippen LogP contribution < -0.4 is 9.47 Å². The fourth-order valence-corrected chi connectivity index (χ4v) is 3.84. The molecule has 0 heterocycles. The minimum atomic E-state index is -0.669. The predicted molar refractivity (Wildman–Crippen MR) is 116 cm³/mol. The van der Waals surface area contributed by atoms with E-state index in [-0.39, 0.29) is 17.2 Å². The molecule has 0 saturated heterocycles. The second-order valence-electron chi connectivity index (χ2n) is 6.34. The number of aldehydes is 1. The van der Waals surface area contributed by atoms with Gasteiger partial charge in [0.05, 0.1) is 30.2 Å². The number of methoxy groups -OCH3 is 1. The third-order valence-electron chi connectivity index (χ3n) is 4.61. The van der Waals surface area contributed by atoms with Crippen LogP contribution >= 0.6 is 11.8 Å². The Morgan fingerprint density at radius 2 is 2.03 bits per heavy atom. The Labute approximate surface area is 179 Å². The van der Waals surface area contributed by atoms with Gasteiger partial charge in [-0.1, -0.05) is 12.1 Å². The van der Waals surface area contributed by atoms with Gasteiger partial charge in [-0.15, -0.1) is 0 Å². The van der Waals surface area contributed by atoms with Gasteiger partial charge >= 0.3 is 0 Å². The van der Waals surface area contributed by atoms with Crippen molar-refractivity contribution in [3.05, 3.63) is 63.2 Å². The lowest BCUT2D eigenvalue weighted by Gasteiger charge is -2.29. The van der Waals surface area contributed by atoms with Gasteiger partial charge in [-0.05, 0) is 36.9 Å². The summed E-state index contributed by atoms with van der Waals surface area (Å²) in [5.41, 5.74) is 0.189. The van der Waals surface area contributed by atoms with Crippen molar-refractivity contribution in [3.8, 4) is 11.5 Å². The summed E-state index contributed by atoms with van der Waals surface area (Å²) in [6.45, 7) is 2.32. The van der Waals surface area contributed by atoms with Gasteiger partial charge in [-0.3, -0.25) is 19.7 Å². The van der Waals surface area contributed by atoms with Crippen LogP contribution in [-0.2, 0) is 0 Å². The van der Waals surface area contributed by atoms with Crippen molar-refractivity contribution in [2.24, 2.45) is 0 Å². The molecule has 1 atom stereocenters. The number of rotatable bonds is 10. The molecule has 8 nitrogen and oxygen atoms in total. The molecule has 0 radical (unpaired) electrons. The highest BCUT2D eigenvalue weighted by Gasteiger charge is 2.28. The smallest absolute Gasteiger partial charge is 0.280 e. The van der Waals surface area contributed by atoms with Gasteiger partial charge in [-0.2, -0.15) is 11.8 Å². The minimum absolute atomic E-state index is 0.00801. The van der Waals surface area contributed by atoms with Gasteiger partial charge in [0.2, 0.25) is 0 Å². The first-order valence-corrected chi connectivity index (χ1v) is 10.6. The Bertz CT molecular complexity index is 934. The summed E-state index contributed by atoms with van der Waals surface area (Å²) in [6, 6.07) is 9.12. The predicted octanol–water partition coefficient (Wildman–Crippen LogP) is 3.99. The number of thioether (sulfide) groups is 1. The van der Waals surface area contributed by atoms with E-state index in [2.05, 4.69) is 0 Å². The van der Waals surface area contributed by atoms with Gasteiger partial charge < -0.3 is 14.4 Å². The zero-order valence-corrected chi connectivity index (χ0v) is 18.1. The quantitative estimate of drug-likeness (QED) is 0.318. The zero-order valence-electron chi connectivity index (χ0n) is 17.3. The second-order valence-corrected chi connectivity index (χ2v) is 7.25. The molecule has 1 unspecified atom stereocenters. The van der Waals surface area contributed by atoms with Crippen LogP contribution in [0.5, 0.6) is 11.5 Å². The Balaban J connectivity index is 2.48. The number of ether oxygens (including phenoxy) is 2. The van der Waals surface area contributed by atoms with Crippen molar-refractivity contribution in [3.63, 3.8) is 0 Å². The molecule has 0 aliphatic heterocycles.